The lowest BCUT2D eigenvalue weighted by molar-refractivity contribution is -0.141. The van der Waals surface area contributed by atoms with Gasteiger partial charge in [0.2, 0.25) is 11.8 Å². The number of carbonyl (C=O) groups is 2. The molecule has 102 valence electrons. The normalized spacial score (nSPS) is 18.4. The molecule has 0 saturated heterocycles. The molecule has 18 heavy (non-hydrogen) atoms. The highest BCUT2D eigenvalue weighted by atomic mass is 32.1. The number of amides is 2. The van der Waals surface area contributed by atoms with Gasteiger partial charge in [-0.25, -0.2) is 0 Å². The summed E-state index contributed by atoms with van der Waals surface area (Å²) in [5, 5.41) is 2.57. The molecule has 2 amide bonds. The van der Waals surface area contributed by atoms with Crippen LogP contribution in [-0.4, -0.2) is 42.3 Å². The van der Waals surface area contributed by atoms with Gasteiger partial charge >= 0.3 is 0 Å². The first kappa shape index (κ1) is 14.9. The van der Waals surface area contributed by atoms with Gasteiger partial charge in [-0.05, 0) is 12.8 Å². The number of nitrogens with one attached hydrogen (secondary N) is 1. The first-order valence-electron chi connectivity index (χ1n) is 6.12. The number of nitrogens with two attached hydrogens (primary N) is 1. The van der Waals surface area contributed by atoms with E-state index in [1.165, 1.54) is 0 Å². The Morgan fingerprint density at radius 3 is 2.39 bits per heavy atom. The Morgan fingerprint density at radius 2 is 2.06 bits per heavy atom. The lowest BCUT2D eigenvalue weighted by Crippen LogP contribution is -2.54. The first-order valence-corrected chi connectivity index (χ1v) is 6.53. The molecule has 0 spiro atoms. The van der Waals surface area contributed by atoms with E-state index in [1.54, 1.807) is 25.9 Å². The number of hydrogen-bond donors (Lipinski definition) is 2. The average molecular weight is 271 g/mol. The zero-order chi connectivity index (χ0) is 13.9. The molecule has 0 bridgehead atoms. The largest absolute Gasteiger partial charge is 0.392 e. The predicted octanol–water partition coefficient (Wildman–Crippen LogP) is 0.283. The van der Waals surface area contributed by atoms with E-state index in [1.807, 2.05) is 0 Å². The minimum absolute atomic E-state index is 0.0583. The van der Waals surface area contributed by atoms with E-state index in [9.17, 15) is 9.59 Å². The van der Waals surface area contributed by atoms with Crippen molar-refractivity contribution < 1.29 is 9.59 Å². The quantitative estimate of drug-likeness (QED) is 0.704. The summed E-state index contributed by atoms with van der Waals surface area (Å²) in [5.74, 6) is -0.378. The van der Waals surface area contributed by atoms with Crippen LogP contribution >= 0.6 is 12.2 Å². The third-order valence-corrected chi connectivity index (χ3v) is 4.07. The summed E-state index contributed by atoms with van der Waals surface area (Å²) in [5.41, 5.74) is 5.03. The second kappa shape index (κ2) is 5.65. The van der Waals surface area contributed by atoms with Crippen LogP contribution in [-0.2, 0) is 9.59 Å². The van der Waals surface area contributed by atoms with Crippen molar-refractivity contribution in [2.75, 3.05) is 20.6 Å². The van der Waals surface area contributed by atoms with Crippen LogP contribution < -0.4 is 11.1 Å². The molecule has 0 aromatic carbocycles. The predicted molar refractivity (Wildman–Crippen MR) is 73.9 cm³/mol. The summed E-state index contributed by atoms with van der Waals surface area (Å²) in [6.07, 6.45) is 2.42. The molecule has 0 heterocycles. The molecule has 3 N–H and O–H groups in total. The summed E-state index contributed by atoms with van der Waals surface area (Å²) >= 11 is 5.02. The van der Waals surface area contributed by atoms with Crippen LogP contribution in [0.3, 0.4) is 0 Å². The third kappa shape index (κ3) is 2.63. The number of rotatable bonds is 5. The molecule has 0 aromatic heterocycles. The van der Waals surface area contributed by atoms with Gasteiger partial charge in [-0.15, -0.1) is 0 Å². The van der Waals surface area contributed by atoms with Crippen LogP contribution in [0.15, 0.2) is 0 Å². The SMILES string of the molecule is CNC(=O)C(C)CN(C)C(=O)C1(C(N)=S)CCC1. The molecule has 6 heteroatoms. The van der Waals surface area contributed by atoms with Crippen molar-refractivity contribution in [3.05, 3.63) is 0 Å². The van der Waals surface area contributed by atoms with Gasteiger partial charge in [0.15, 0.2) is 0 Å². The Morgan fingerprint density at radius 1 is 1.50 bits per heavy atom. The minimum Gasteiger partial charge on any atom is -0.392 e. The van der Waals surface area contributed by atoms with Crippen molar-refractivity contribution in [3.63, 3.8) is 0 Å². The summed E-state index contributed by atoms with van der Waals surface area (Å²) in [6.45, 7) is 2.17. The Kier molecular flexibility index (Phi) is 4.67. The van der Waals surface area contributed by atoms with Crippen molar-refractivity contribution in [2.24, 2.45) is 17.1 Å². The molecule has 1 unspecified atom stereocenters. The molecule has 0 radical (unpaired) electrons. The van der Waals surface area contributed by atoms with Crippen LogP contribution in [0.4, 0.5) is 0 Å². The zero-order valence-corrected chi connectivity index (χ0v) is 12.0. The molecule has 1 saturated carbocycles. The van der Waals surface area contributed by atoms with Gasteiger partial charge in [-0.2, -0.15) is 0 Å². The molecular formula is C12H21N3O2S. The van der Waals surface area contributed by atoms with E-state index >= 15 is 0 Å². The van der Waals surface area contributed by atoms with Gasteiger partial charge in [0.05, 0.1) is 16.3 Å². The summed E-state index contributed by atoms with van der Waals surface area (Å²) < 4.78 is 0. The first-order chi connectivity index (χ1) is 8.35. The van der Waals surface area contributed by atoms with Gasteiger partial charge in [-0.1, -0.05) is 25.6 Å². The van der Waals surface area contributed by atoms with Crippen LogP contribution in [0, 0.1) is 11.3 Å². The second-order valence-electron chi connectivity index (χ2n) is 5.00. The molecule has 5 nitrogen and oxygen atoms in total. The lowest BCUT2D eigenvalue weighted by Gasteiger charge is -2.42. The Hall–Kier alpha value is -1.17. The third-order valence-electron chi connectivity index (χ3n) is 3.68. The van der Waals surface area contributed by atoms with Crippen molar-refractivity contribution >= 4 is 29.0 Å². The molecule has 0 aromatic rings. The van der Waals surface area contributed by atoms with Crippen LogP contribution in [0.2, 0.25) is 0 Å². The van der Waals surface area contributed by atoms with Crippen LogP contribution in [0.5, 0.6) is 0 Å². The van der Waals surface area contributed by atoms with Crippen molar-refractivity contribution in [3.8, 4) is 0 Å². The molecule has 1 atom stereocenters. The van der Waals surface area contributed by atoms with Gasteiger partial charge in [0, 0.05) is 20.6 Å². The molecule has 0 aliphatic heterocycles. The van der Waals surface area contributed by atoms with Gasteiger partial charge in [0.1, 0.15) is 0 Å². The Balaban J connectivity index is 2.67. The highest BCUT2D eigenvalue weighted by Gasteiger charge is 2.48. The number of nitrogens with zero attached hydrogens (tertiary/aromatic N) is 1. The average Bonchev–Trinajstić information content (AvgIpc) is 2.25. The summed E-state index contributed by atoms with van der Waals surface area (Å²) in [4.78, 5) is 25.6. The molecule has 1 aliphatic carbocycles. The Labute approximate surface area is 113 Å². The minimum atomic E-state index is -0.660. The van der Waals surface area contributed by atoms with E-state index in [4.69, 9.17) is 18.0 Å². The van der Waals surface area contributed by atoms with Crippen molar-refractivity contribution in [1.29, 1.82) is 0 Å². The molecular weight excluding hydrogens is 250 g/mol. The second-order valence-corrected chi connectivity index (χ2v) is 5.44. The molecule has 1 aliphatic rings. The lowest BCUT2D eigenvalue weighted by atomic mass is 9.67. The highest BCUT2D eigenvalue weighted by molar-refractivity contribution is 7.80. The smallest absolute Gasteiger partial charge is 0.235 e. The van der Waals surface area contributed by atoms with Gasteiger partial charge in [-0.3, -0.25) is 9.59 Å². The van der Waals surface area contributed by atoms with Gasteiger partial charge in [0.25, 0.3) is 0 Å². The molecule has 1 rings (SSSR count). The molecule has 1 fully saturated rings. The maximum Gasteiger partial charge on any atom is 0.235 e. The zero-order valence-electron chi connectivity index (χ0n) is 11.2. The fraction of sp³-hybridized carbons (Fsp3) is 0.750. The van der Waals surface area contributed by atoms with Crippen molar-refractivity contribution in [2.45, 2.75) is 26.2 Å². The Bertz CT molecular complexity index is 366. The van der Waals surface area contributed by atoms with Crippen LogP contribution in [0.1, 0.15) is 26.2 Å². The van der Waals surface area contributed by atoms with E-state index in [-0.39, 0.29) is 22.7 Å². The fourth-order valence-corrected chi connectivity index (χ4v) is 2.58. The van der Waals surface area contributed by atoms with E-state index < -0.39 is 5.41 Å². The number of carbonyl (C=O) groups excluding carboxylic acids is 2. The monoisotopic (exact) mass is 271 g/mol. The van der Waals surface area contributed by atoms with E-state index in [0.717, 1.165) is 19.3 Å². The maximum absolute atomic E-state index is 12.4. The standard InChI is InChI=1S/C12H21N3O2S/c1-8(9(16)14-2)7-15(3)11(17)12(10(13)18)5-4-6-12/h8H,4-7H2,1-3H3,(H2,13,18)(H,14,16). The highest BCUT2D eigenvalue weighted by Crippen LogP contribution is 2.42. The fourth-order valence-electron chi connectivity index (χ4n) is 2.28. The van der Waals surface area contributed by atoms with E-state index in [2.05, 4.69) is 5.32 Å². The number of hydrogen-bond acceptors (Lipinski definition) is 3. The maximum atomic E-state index is 12.4. The topological polar surface area (TPSA) is 75.4 Å². The summed E-state index contributed by atoms with van der Waals surface area (Å²) in [6, 6.07) is 0. The van der Waals surface area contributed by atoms with Crippen molar-refractivity contribution in [1.82, 2.24) is 10.2 Å². The van der Waals surface area contributed by atoms with Crippen LogP contribution in [0.25, 0.3) is 0 Å². The van der Waals surface area contributed by atoms with E-state index in [0.29, 0.717) is 6.54 Å². The number of thiocarbonyl (C=S) groups is 1. The van der Waals surface area contributed by atoms with Gasteiger partial charge < -0.3 is 16.0 Å². The summed E-state index contributed by atoms with van der Waals surface area (Å²) in [7, 11) is 3.28.